The second-order valence-electron chi connectivity index (χ2n) is 8.95. The number of hydrogen-bond acceptors (Lipinski definition) is 3. The smallest absolute Gasteiger partial charge is 0.254 e. The van der Waals surface area contributed by atoms with Gasteiger partial charge in [0.25, 0.3) is 5.91 Å². The van der Waals surface area contributed by atoms with Crippen LogP contribution >= 0.6 is 15.9 Å². The van der Waals surface area contributed by atoms with Gasteiger partial charge in [0.05, 0.1) is 0 Å². The van der Waals surface area contributed by atoms with Gasteiger partial charge < -0.3 is 10.6 Å². The van der Waals surface area contributed by atoms with Crippen LogP contribution in [0.25, 0.3) is 0 Å². The number of halogens is 2. The summed E-state index contributed by atoms with van der Waals surface area (Å²) >= 11 is 3.45. The van der Waals surface area contributed by atoms with Crippen LogP contribution in [-0.2, 0) is 9.59 Å². The molecule has 0 bridgehead atoms. The van der Waals surface area contributed by atoms with Crippen molar-refractivity contribution in [1.29, 1.82) is 0 Å². The van der Waals surface area contributed by atoms with Gasteiger partial charge in [-0.3, -0.25) is 9.59 Å². The van der Waals surface area contributed by atoms with E-state index >= 15 is 0 Å². The summed E-state index contributed by atoms with van der Waals surface area (Å²) in [6.45, 7) is 6.01. The molecule has 0 unspecified atom stereocenters. The van der Waals surface area contributed by atoms with Gasteiger partial charge in [-0.15, -0.1) is 0 Å². The highest BCUT2D eigenvalue weighted by molar-refractivity contribution is 9.10. The third kappa shape index (κ3) is 4.35. The van der Waals surface area contributed by atoms with E-state index in [1.807, 2.05) is 31.2 Å². The summed E-state index contributed by atoms with van der Waals surface area (Å²) in [5, 5.41) is 6.14. The van der Waals surface area contributed by atoms with Gasteiger partial charge in [-0.1, -0.05) is 48.0 Å². The van der Waals surface area contributed by atoms with Crippen LogP contribution in [0.2, 0.25) is 0 Å². The standard InChI is InChI=1S/C25H24BrFN2O2/c1-14-21(24(31)29-18-6-4-5-17(27)11-18)22(15-7-9-16(26)10-8-15)23-19(28-14)12-25(2,3)13-20(23)30/h4-11,22,28H,12-13H2,1-3H3,(H,29,31)/t22-/m0/s1. The molecule has 31 heavy (non-hydrogen) atoms. The summed E-state index contributed by atoms with van der Waals surface area (Å²) in [4.78, 5) is 26.6. The van der Waals surface area contributed by atoms with Gasteiger partial charge in [-0.2, -0.15) is 0 Å². The van der Waals surface area contributed by atoms with Gasteiger partial charge >= 0.3 is 0 Å². The molecular weight excluding hydrogens is 459 g/mol. The molecule has 2 aliphatic rings. The van der Waals surface area contributed by atoms with Crippen molar-refractivity contribution in [2.24, 2.45) is 5.41 Å². The zero-order valence-corrected chi connectivity index (χ0v) is 19.3. The van der Waals surface area contributed by atoms with E-state index in [1.165, 1.54) is 12.1 Å². The third-order valence-corrected chi connectivity index (χ3v) is 6.30. The average molecular weight is 483 g/mol. The Balaban J connectivity index is 1.80. The summed E-state index contributed by atoms with van der Waals surface area (Å²) in [6, 6.07) is 13.5. The van der Waals surface area contributed by atoms with E-state index in [4.69, 9.17) is 0 Å². The fraction of sp³-hybridized carbons (Fsp3) is 0.280. The number of amides is 1. The van der Waals surface area contributed by atoms with E-state index in [-0.39, 0.29) is 17.1 Å². The van der Waals surface area contributed by atoms with Crippen LogP contribution in [-0.4, -0.2) is 11.7 Å². The number of hydrogen-bond donors (Lipinski definition) is 2. The van der Waals surface area contributed by atoms with Gasteiger partial charge in [-0.25, -0.2) is 4.39 Å². The Morgan fingerprint density at radius 3 is 2.55 bits per heavy atom. The lowest BCUT2D eigenvalue weighted by molar-refractivity contribution is -0.118. The summed E-state index contributed by atoms with van der Waals surface area (Å²) in [7, 11) is 0. The first kappa shape index (κ1) is 21.5. The summed E-state index contributed by atoms with van der Waals surface area (Å²) in [5.41, 5.74) is 3.80. The number of Topliss-reactive ketones (excluding diaryl/α,β-unsaturated/α-hetero) is 1. The summed E-state index contributed by atoms with van der Waals surface area (Å²) < 4.78 is 14.5. The molecular formula is C25H24BrFN2O2. The highest BCUT2D eigenvalue weighted by Crippen LogP contribution is 2.46. The first-order chi connectivity index (χ1) is 14.6. The van der Waals surface area contributed by atoms with E-state index in [2.05, 4.69) is 40.4 Å². The molecule has 1 atom stereocenters. The number of dihydropyridines is 1. The molecule has 0 saturated heterocycles. The van der Waals surface area contributed by atoms with E-state index in [9.17, 15) is 14.0 Å². The maximum atomic E-state index is 13.6. The predicted octanol–water partition coefficient (Wildman–Crippen LogP) is 5.83. The number of ketones is 1. The van der Waals surface area contributed by atoms with E-state index < -0.39 is 11.7 Å². The minimum atomic E-state index is -0.485. The molecule has 160 valence electrons. The number of benzene rings is 2. The monoisotopic (exact) mass is 482 g/mol. The Morgan fingerprint density at radius 1 is 1.16 bits per heavy atom. The van der Waals surface area contributed by atoms with Gasteiger partial charge in [0.15, 0.2) is 5.78 Å². The number of anilines is 1. The van der Waals surface area contributed by atoms with Crippen molar-refractivity contribution in [1.82, 2.24) is 5.32 Å². The Kier molecular flexibility index (Phi) is 5.60. The minimum absolute atomic E-state index is 0.0511. The molecule has 2 N–H and O–H groups in total. The topological polar surface area (TPSA) is 58.2 Å². The largest absolute Gasteiger partial charge is 0.362 e. The van der Waals surface area contributed by atoms with Crippen LogP contribution in [0.15, 0.2) is 75.5 Å². The van der Waals surface area contributed by atoms with Crippen molar-refractivity contribution < 1.29 is 14.0 Å². The van der Waals surface area contributed by atoms with Crippen LogP contribution in [0.1, 0.15) is 45.1 Å². The first-order valence-electron chi connectivity index (χ1n) is 10.2. The van der Waals surface area contributed by atoms with Crippen molar-refractivity contribution in [2.45, 2.75) is 39.5 Å². The number of allylic oxidation sites excluding steroid dienone is 3. The molecule has 4 nitrogen and oxygen atoms in total. The molecule has 1 aliphatic carbocycles. The number of rotatable bonds is 3. The summed E-state index contributed by atoms with van der Waals surface area (Å²) in [5.74, 6) is -1.21. The molecule has 0 radical (unpaired) electrons. The fourth-order valence-electron chi connectivity index (χ4n) is 4.49. The molecule has 0 fully saturated rings. The van der Waals surface area contributed by atoms with E-state index in [1.54, 1.807) is 12.1 Å². The Labute approximate surface area is 189 Å². The Hall–Kier alpha value is -2.73. The second kappa shape index (κ2) is 8.08. The number of carbonyl (C=O) groups is 2. The first-order valence-corrected chi connectivity index (χ1v) is 11.0. The third-order valence-electron chi connectivity index (χ3n) is 5.77. The maximum Gasteiger partial charge on any atom is 0.254 e. The Morgan fingerprint density at radius 2 is 1.87 bits per heavy atom. The molecule has 0 aromatic heterocycles. The van der Waals surface area contributed by atoms with Gasteiger partial charge in [0.2, 0.25) is 0 Å². The minimum Gasteiger partial charge on any atom is -0.362 e. The predicted molar refractivity (Wildman–Crippen MR) is 123 cm³/mol. The summed E-state index contributed by atoms with van der Waals surface area (Å²) in [6.07, 6.45) is 1.16. The van der Waals surface area contributed by atoms with Crippen LogP contribution < -0.4 is 10.6 Å². The molecule has 6 heteroatoms. The van der Waals surface area contributed by atoms with Crippen molar-refractivity contribution >= 4 is 33.3 Å². The Bertz CT molecular complexity index is 1130. The van der Waals surface area contributed by atoms with Crippen LogP contribution in [0, 0.1) is 11.2 Å². The van der Waals surface area contributed by atoms with Crippen LogP contribution in [0.3, 0.4) is 0 Å². The number of nitrogens with one attached hydrogen (secondary N) is 2. The maximum absolute atomic E-state index is 13.6. The van der Waals surface area contributed by atoms with Crippen molar-refractivity contribution in [3.05, 3.63) is 86.9 Å². The van der Waals surface area contributed by atoms with E-state index in [0.717, 1.165) is 22.2 Å². The van der Waals surface area contributed by atoms with Crippen molar-refractivity contribution in [3.8, 4) is 0 Å². The average Bonchev–Trinajstić information content (AvgIpc) is 2.66. The van der Waals surface area contributed by atoms with Gasteiger partial charge in [0, 0.05) is 45.0 Å². The molecule has 2 aromatic rings. The number of carbonyl (C=O) groups excluding carboxylic acids is 2. The van der Waals surface area contributed by atoms with E-state index in [0.29, 0.717) is 29.0 Å². The van der Waals surface area contributed by atoms with Crippen LogP contribution in [0.4, 0.5) is 10.1 Å². The zero-order chi connectivity index (χ0) is 22.3. The van der Waals surface area contributed by atoms with Gasteiger partial charge in [-0.05, 0) is 54.7 Å². The quantitative estimate of drug-likeness (QED) is 0.578. The van der Waals surface area contributed by atoms with Crippen molar-refractivity contribution in [2.75, 3.05) is 5.32 Å². The molecule has 4 rings (SSSR count). The second-order valence-corrected chi connectivity index (χ2v) is 9.86. The fourth-order valence-corrected chi connectivity index (χ4v) is 4.75. The lowest BCUT2D eigenvalue weighted by Gasteiger charge is -2.39. The zero-order valence-electron chi connectivity index (χ0n) is 17.7. The SMILES string of the molecule is CC1=C(C(=O)Nc2cccc(F)c2)[C@H](c2ccc(Br)cc2)C2=C(CC(C)(C)CC2=O)N1. The molecule has 0 spiro atoms. The highest BCUT2D eigenvalue weighted by atomic mass is 79.9. The molecule has 1 aliphatic heterocycles. The molecule has 1 heterocycles. The molecule has 0 saturated carbocycles. The van der Waals surface area contributed by atoms with Crippen molar-refractivity contribution in [3.63, 3.8) is 0 Å². The van der Waals surface area contributed by atoms with Gasteiger partial charge in [0.1, 0.15) is 5.82 Å². The molecule has 2 aromatic carbocycles. The van der Waals surface area contributed by atoms with Crippen LogP contribution in [0.5, 0.6) is 0 Å². The highest BCUT2D eigenvalue weighted by Gasteiger charge is 2.42. The lowest BCUT2D eigenvalue weighted by atomic mass is 9.68. The lowest BCUT2D eigenvalue weighted by Crippen LogP contribution is -2.39. The normalized spacial score (nSPS) is 20.3. The molecule has 1 amide bonds.